The molecule has 1 spiro atoms. The zero-order valence-electron chi connectivity index (χ0n) is 22.4. The summed E-state index contributed by atoms with van der Waals surface area (Å²) < 4.78 is 6.49. The monoisotopic (exact) mass is 565 g/mol. The molecule has 1 N–H and O–H groups in total. The minimum absolute atomic E-state index is 0.140. The number of fused-ring (bicyclic) bond motifs is 3. The van der Waals surface area contributed by atoms with Crippen LogP contribution in [0, 0.1) is 11.8 Å². The number of likely N-dealkylation sites (tertiary alicyclic amines) is 1. The molecule has 0 aliphatic carbocycles. The van der Waals surface area contributed by atoms with Gasteiger partial charge in [-0.25, -0.2) is 4.68 Å². The molecule has 1 unspecified atom stereocenters. The van der Waals surface area contributed by atoms with Gasteiger partial charge in [-0.1, -0.05) is 54.5 Å². The first kappa shape index (κ1) is 27.0. The third kappa shape index (κ3) is 4.62. The Hall–Kier alpha value is -3.18. The van der Waals surface area contributed by atoms with E-state index in [2.05, 4.69) is 16.4 Å². The number of carbonyl (C=O) groups is 3. The lowest BCUT2D eigenvalue weighted by Gasteiger charge is -2.35. The lowest BCUT2D eigenvalue weighted by atomic mass is 9.78. The van der Waals surface area contributed by atoms with Gasteiger partial charge in [-0.15, -0.1) is 16.9 Å². The second-order valence-electron chi connectivity index (χ2n) is 10.9. The van der Waals surface area contributed by atoms with E-state index in [9.17, 15) is 14.4 Å². The molecule has 10 nitrogen and oxygen atoms in total. The lowest BCUT2D eigenvalue weighted by Crippen LogP contribution is -2.53. The minimum atomic E-state index is -0.865. The van der Waals surface area contributed by atoms with Gasteiger partial charge in [0.15, 0.2) is 0 Å². The normalized spacial score (nSPS) is 30.8. The molecule has 1 aromatic heterocycles. The number of aliphatic hydroxyl groups is 1. The van der Waals surface area contributed by atoms with Gasteiger partial charge in [-0.05, 0) is 37.8 Å². The Balaban J connectivity index is 1.35. The molecule has 40 heavy (non-hydrogen) atoms. The highest BCUT2D eigenvalue weighted by atomic mass is 32.2. The summed E-state index contributed by atoms with van der Waals surface area (Å²) >= 11 is 1.56. The summed E-state index contributed by atoms with van der Waals surface area (Å²) in [7, 11) is 0. The first-order chi connectivity index (χ1) is 19.5. The van der Waals surface area contributed by atoms with Crippen molar-refractivity contribution in [1.82, 2.24) is 24.8 Å². The van der Waals surface area contributed by atoms with Crippen LogP contribution in [0.5, 0.6) is 0 Å². The molecule has 2 fully saturated rings. The number of carbonyl (C=O) groups excluding carboxylic acids is 3. The number of esters is 1. The van der Waals surface area contributed by atoms with Crippen molar-refractivity contribution in [3.8, 4) is 0 Å². The Bertz CT molecular complexity index is 1340. The third-order valence-corrected chi connectivity index (χ3v) is 10.2. The molecule has 0 saturated carbocycles. The third-order valence-electron chi connectivity index (χ3n) is 8.47. The van der Waals surface area contributed by atoms with Gasteiger partial charge in [0.2, 0.25) is 11.8 Å². The van der Waals surface area contributed by atoms with Crippen LogP contribution in [0.2, 0.25) is 0 Å². The SMILES string of the molecule is O=C1OCCC/C=C\[C@@H]2S[C@]34C=CCN(Cn5nnc6ccccc65)C(=O)C3N(CCCCCCO)C(=O)[C@@H]4[C@H]12. The average molecular weight is 566 g/mol. The number of hydrogen-bond donors (Lipinski definition) is 1. The molecule has 212 valence electrons. The molecule has 1 aromatic carbocycles. The number of para-hydroxylation sites is 1. The number of benzene rings is 1. The molecule has 5 heterocycles. The first-order valence-electron chi connectivity index (χ1n) is 14.2. The van der Waals surface area contributed by atoms with Crippen molar-refractivity contribution in [3.63, 3.8) is 0 Å². The van der Waals surface area contributed by atoms with E-state index in [1.165, 1.54) is 0 Å². The minimum Gasteiger partial charge on any atom is -0.465 e. The Morgan fingerprint density at radius 3 is 2.80 bits per heavy atom. The smallest absolute Gasteiger partial charge is 0.311 e. The van der Waals surface area contributed by atoms with Crippen LogP contribution in [0.25, 0.3) is 11.0 Å². The predicted octanol–water partition coefficient (Wildman–Crippen LogP) is 2.53. The maximum absolute atomic E-state index is 14.4. The second kappa shape index (κ2) is 11.4. The Morgan fingerprint density at radius 2 is 1.93 bits per heavy atom. The van der Waals surface area contributed by atoms with E-state index < -0.39 is 22.6 Å². The summed E-state index contributed by atoms with van der Waals surface area (Å²) in [6.07, 6.45) is 12.8. The van der Waals surface area contributed by atoms with Crippen LogP contribution in [-0.2, 0) is 25.8 Å². The van der Waals surface area contributed by atoms with Crippen LogP contribution in [0.3, 0.4) is 0 Å². The number of rotatable bonds is 8. The summed E-state index contributed by atoms with van der Waals surface area (Å²) in [4.78, 5) is 45.5. The summed E-state index contributed by atoms with van der Waals surface area (Å²) in [5.41, 5.74) is 1.58. The van der Waals surface area contributed by atoms with Crippen LogP contribution in [0.4, 0.5) is 0 Å². The fourth-order valence-corrected chi connectivity index (χ4v) is 8.60. The first-order valence-corrected chi connectivity index (χ1v) is 15.1. The van der Waals surface area contributed by atoms with Gasteiger partial charge in [0.05, 0.1) is 28.7 Å². The average Bonchev–Trinajstić information content (AvgIpc) is 3.56. The number of amides is 2. The Kier molecular flexibility index (Phi) is 7.67. The second-order valence-corrected chi connectivity index (χ2v) is 12.4. The quantitative estimate of drug-likeness (QED) is 0.295. The van der Waals surface area contributed by atoms with Crippen molar-refractivity contribution < 1.29 is 24.2 Å². The van der Waals surface area contributed by atoms with Crippen molar-refractivity contribution in [1.29, 1.82) is 0 Å². The molecular formula is C29H35N5O5S. The topological polar surface area (TPSA) is 118 Å². The molecular weight excluding hydrogens is 530 g/mol. The number of aromatic nitrogens is 3. The van der Waals surface area contributed by atoms with Crippen molar-refractivity contribution in [2.75, 3.05) is 26.3 Å². The fourth-order valence-electron chi connectivity index (χ4n) is 6.60. The molecule has 5 atom stereocenters. The number of allylic oxidation sites excluding steroid dienone is 1. The molecule has 2 amide bonds. The standard InChI is InChI=1S/C29H35N5O5S/c35-17-8-2-1-7-16-33-25-27(37)32(19-34-21-12-6-5-11-20(21)30-31-34)15-10-14-29(25)24(26(33)36)23-22(40-29)13-4-3-9-18-39-28(23)38/h4-6,10-14,22-25,35H,1-3,7-9,15-19H2/b13-4-/t22-,23+,24-,25?,29-/m0/s1. The van der Waals surface area contributed by atoms with Gasteiger partial charge in [-0.3, -0.25) is 14.4 Å². The molecule has 4 aliphatic rings. The molecule has 0 bridgehead atoms. The van der Waals surface area contributed by atoms with E-state index in [0.717, 1.165) is 43.1 Å². The number of aliphatic hydroxyl groups excluding tert-OH is 1. The van der Waals surface area contributed by atoms with Gasteiger partial charge < -0.3 is 19.6 Å². The highest BCUT2D eigenvalue weighted by Gasteiger charge is 2.70. The predicted molar refractivity (Wildman–Crippen MR) is 150 cm³/mol. The van der Waals surface area contributed by atoms with Crippen LogP contribution in [0.1, 0.15) is 38.5 Å². The highest BCUT2D eigenvalue weighted by Crippen LogP contribution is 2.60. The van der Waals surface area contributed by atoms with Gasteiger partial charge >= 0.3 is 5.97 Å². The Labute approximate surface area is 237 Å². The zero-order chi connectivity index (χ0) is 27.7. The molecule has 6 rings (SSSR count). The highest BCUT2D eigenvalue weighted by molar-refractivity contribution is 8.02. The summed E-state index contributed by atoms with van der Waals surface area (Å²) in [5, 5.41) is 17.4. The summed E-state index contributed by atoms with van der Waals surface area (Å²) in [6.45, 7) is 1.47. The van der Waals surface area contributed by atoms with E-state index in [0.29, 0.717) is 26.1 Å². The van der Waals surface area contributed by atoms with Crippen molar-refractivity contribution in [3.05, 3.63) is 48.6 Å². The summed E-state index contributed by atoms with van der Waals surface area (Å²) in [6, 6.07) is 6.88. The van der Waals surface area contributed by atoms with Gasteiger partial charge in [0, 0.05) is 24.9 Å². The van der Waals surface area contributed by atoms with Crippen molar-refractivity contribution in [2.45, 2.75) is 61.2 Å². The number of ether oxygens (including phenoxy) is 1. The Morgan fingerprint density at radius 1 is 1.07 bits per heavy atom. The zero-order valence-corrected chi connectivity index (χ0v) is 23.2. The number of thioether (sulfide) groups is 1. The van der Waals surface area contributed by atoms with Crippen molar-refractivity contribution >= 4 is 40.6 Å². The molecule has 11 heteroatoms. The van der Waals surface area contributed by atoms with Gasteiger partial charge in [0.1, 0.15) is 18.2 Å². The number of cyclic esters (lactones) is 1. The van der Waals surface area contributed by atoms with E-state index in [-0.39, 0.29) is 36.3 Å². The van der Waals surface area contributed by atoms with Crippen LogP contribution in [-0.4, -0.2) is 90.0 Å². The van der Waals surface area contributed by atoms with Crippen molar-refractivity contribution in [2.24, 2.45) is 11.8 Å². The van der Waals surface area contributed by atoms with E-state index >= 15 is 0 Å². The van der Waals surface area contributed by atoms with E-state index in [1.54, 1.807) is 26.2 Å². The van der Waals surface area contributed by atoms with E-state index in [4.69, 9.17) is 9.84 Å². The van der Waals surface area contributed by atoms with Crippen LogP contribution < -0.4 is 0 Å². The van der Waals surface area contributed by atoms with Crippen LogP contribution >= 0.6 is 11.8 Å². The molecule has 0 radical (unpaired) electrons. The molecule has 2 aromatic rings. The number of unbranched alkanes of at least 4 members (excludes halogenated alkanes) is 3. The van der Waals surface area contributed by atoms with Crippen LogP contribution in [0.15, 0.2) is 48.6 Å². The largest absolute Gasteiger partial charge is 0.465 e. The summed E-state index contributed by atoms with van der Waals surface area (Å²) in [5.74, 6) is -1.96. The molecule has 2 saturated heterocycles. The lowest BCUT2D eigenvalue weighted by molar-refractivity contribution is -0.153. The number of hydrogen-bond acceptors (Lipinski definition) is 8. The van der Waals surface area contributed by atoms with Gasteiger partial charge in [-0.2, -0.15) is 0 Å². The molecule has 4 aliphatic heterocycles. The van der Waals surface area contributed by atoms with E-state index in [1.807, 2.05) is 42.5 Å². The number of nitrogens with zero attached hydrogens (tertiary/aromatic N) is 5. The van der Waals surface area contributed by atoms with Gasteiger partial charge in [0.25, 0.3) is 0 Å². The maximum atomic E-state index is 14.4. The maximum Gasteiger partial charge on any atom is 0.311 e. The fraction of sp³-hybridized carbons (Fsp3) is 0.552.